The highest BCUT2D eigenvalue weighted by atomic mass is 16.2. The van der Waals surface area contributed by atoms with Gasteiger partial charge in [0.1, 0.15) is 0 Å². The van der Waals surface area contributed by atoms with Crippen LogP contribution in [0.15, 0.2) is 0 Å². The summed E-state index contributed by atoms with van der Waals surface area (Å²) in [4.78, 5) is 23.4. The van der Waals surface area contributed by atoms with Crippen LogP contribution in [-0.2, 0) is 9.59 Å². The molecule has 98 valence electrons. The Labute approximate surface area is 103 Å². The second-order valence-electron chi connectivity index (χ2n) is 5.18. The maximum atomic E-state index is 11.9. The van der Waals surface area contributed by atoms with E-state index in [0.717, 1.165) is 25.8 Å². The fourth-order valence-corrected chi connectivity index (χ4v) is 1.93. The van der Waals surface area contributed by atoms with Crippen LogP contribution in [0.1, 0.15) is 33.1 Å². The summed E-state index contributed by atoms with van der Waals surface area (Å²) < 4.78 is 0. The molecule has 17 heavy (non-hydrogen) atoms. The molecule has 0 unspecified atom stereocenters. The van der Waals surface area contributed by atoms with E-state index >= 15 is 0 Å². The van der Waals surface area contributed by atoms with E-state index in [2.05, 4.69) is 16.0 Å². The van der Waals surface area contributed by atoms with E-state index in [1.54, 1.807) is 7.05 Å². The van der Waals surface area contributed by atoms with E-state index in [1.165, 1.54) is 0 Å². The van der Waals surface area contributed by atoms with Gasteiger partial charge in [0.2, 0.25) is 11.8 Å². The van der Waals surface area contributed by atoms with Crippen molar-refractivity contribution in [3.05, 3.63) is 0 Å². The molecule has 1 saturated heterocycles. The molecule has 0 radical (unpaired) electrons. The van der Waals surface area contributed by atoms with Crippen molar-refractivity contribution in [3.8, 4) is 0 Å². The first kappa shape index (κ1) is 14.0. The molecule has 1 atom stereocenters. The second-order valence-corrected chi connectivity index (χ2v) is 5.18. The van der Waals surface area contributed by atoms with Gasteiger partial charge in [0.05, 0.1) is 11.5 Å². The van der Waals surface area contributed by atoms with Crippen LogP contribution in [0, 0.1) is 5.41 Å². The van der Waals surface area contributed by atoms with Crippen molar-refractivity contribution >= 4 is 11.8 Å². The highest BCUT2D eigenvalue weighted by Gasteiger charge is 2.28. The van der Waals surface area contributed by atoms with Crippen LogP contribution in [0.2, 0.25) is 0 Å². The zero-order valence-corrected chi connectivity index (χ0v) is 10.9. The van der Waals surface area contributed by atoms with Crippen molar-refractivity contribution in [1.82, 2.24) is 16.0 Å². The Morgan fingerprint density at radius 2 is 2.06 bits per heavy atom. The largest absolute Gasteiger partial charge is 0.359 e. The van der Waals surface area contributed by atoms with Gasteiger partial charge in [0.25, 0.3) is 0 Å². The van der Waals surface area contributed by atoms with Gasteiger partial charge in [-0.3, -0.25) is 9.59 Å². The van der Waals surface area contributed by atoms with Crippen LogP contribution in [0.3, 0.4) is 0 Å². The van der Waals surface area contributed by atoms with Crippen molar-refractivity contribution in [3.63, 3.8) is 0 Å². The molecule has 0 aliphatic carbocycles. The molecule has 1 fully saturated rings. The first-order valence-electron chi connectivity index (χ1n) is 6.20. The molecule has 0 aromatic rings. The Hall–Kier alpha value is -1.10. The Balaban J connectivity index is 2.39. The zero-order valence-electron chi connectivity index (χ0n) is 10.9. The molecule has 1 aliphatic rings. The molecule has 0 aromatic heterocycles. The number of piperidine rings is 1. The molecular weight excluding hydrogens is 218 g/mol. The summed E-state index contributed by atoms with van der Waals surface area (Å²) in [6.07, 6.45) is 3.10. The lowest BCUT2D eigenvalue weighted by Gasteiger charge is -2.26. The van der Waals surface area contributed by atoms with Crippen molar-refractivity contribution in [1.29, 1.82) is 0 Å². The van der Waals surface area contributed by atoms with Gasteiger partial charge in [-0.15, -0.1) is 0 Å². The smallest absolute Gasteiger partial charge is 0.237 e. The Bertz CT molecular complexity index is 283. The van der Waals surface area contributed by atoms with Crippen LogP contribution in [-0.4, -0.2) is 38.0 Å². The third-order valence-corrected chi connectivity index (χ3v) is 3.17. The van der Waals surface area contributed by atoms with Crippen molar-refractivity contribution in [2.45, 2.75) is 39.2 Å². The van der Waals surface area contributed by atoms with Crippen LogP contribution in [0.4, 0.5) is 0 Å². The number of carbonyl (C=O) groups is 2. The fraction of sp³-hybridized carbons (Fsp3) is 0.833. The summed E-state index contributed by atoms with van der Waals surface area (Å²) >= 11 is 0. The van der Waals surface area contributed by atoms with Gasteiger partial charge in [-0.1, -0.05) is 6.42 Å². The number of amides is 2. The van der Waals surface area contributed by atoms with Gasteiger partial charge in [-0.05, 0) is 33.2 Å². The summed E-state index contributed by atoms with van der Waals surface area (Å²) in [5.74, 6) is -0.0592. The first-order chi connectivity index (χ1) is 7.97. The molecule has 5 nitrogen and oxygen atoms in total. The van der Waals surface area contributed by atoms with Gasteiger partial charge in [-0.25, -0.2) is 0 Å². The normalized spacial score (nSPS) is 20.8. The third-order valence-electron chi connectivity index (χ3n) is 3.17. The molecule has 0 bridgehead atoms. The van der Waals surface area contributed by atoms with Crippen molar-refractivity contribution in [2.75, 3.05) is 20.1 Å². The molecule has 0 aromatic carbocycles. The minimum atomic E-state index is -0.570. The second kappa shape index (κ2) is 6.00. The minimum absolute atomic E-state index is 0.00155. The monoisotopic (exact) mass is 241 g/mol. The number of nitrogens with one attached hydrogen (secondary N) is 3. The van der Waals surface area contributed by atoms with E-state index in [4.69, 9.17) is 0 Å². The van der Waals surface area contributed by atoms with Gasteiger partial charge in [0, 0.05) is 13.6 Å². The molecular formula is C12H23N3O2. The maximum Gasteiger partial charge on any atom is 0.237 e. The quantitative estimate of drug-likeness (QED) is 0.650. The van der Waals surface area contributed by atoms with Gasteiger partial charge in [-0.2, -0.15) is 0 Å². The molecule has 1 aliphatic heterocycles. The Morgan fingerprint density at radius 1 is 1.35 bits per heavy atom. The topological polar surface area (TPSA) is 70.2 Å². The number of carbonyl (C=O) groups excluding carboxylic acids is 2. The maximum absolute atomic E-state index is 11.9. The van der Waals surface area contributed by atoms with Crippen LogP contribution >= 0.6 is 0 Å². The van der Waals surface area contributed by atoms with Gasteiger partial charge < -0.3 is 16.0 Å². The van der Waals surface area contributed by atoms with Crippen LogP contribution < -0.4 is 16.0 Å². The number of hydrogen-bond acceptors (Lipinski definition) is 3. The van der Waals surface area contributed by atoms with Crippen LogP contribution in [0.25, 0.3) is 0 Å². The van der Waals surface area contributed by atoms with E-state index in [-0.39, 0.29) is 17.9 Å². The summed E-state index contributed by atoms with van der Waals surface area (Å²) in [6.45, 7) is 4.90. The Morgan fingerprint density at radius 3 is 2.59 bits per heavy atom. The lowest BCUT2D eigenvalue weighted by Crippen LogP contribution is -2.50. The minimum Gasteiger partial charge on any atom is -0.359 e. The summed E-state index contributed by atoms with van der Waals surface area (Å²) in [5, 5.41) is 8.63. The lowest BCUT2D eigenvalue weighted by atomic mass is 9.92. The predicted molar refractivity (Wildman–Crippen MR) is 66.5 cm³/mol. The molecule has 0 saturated carbocycles. The molecule has 1 heterocycles. The van der Waals surface area contributed by atoms with E-state index in [1.807, 2.05) is 13.8 Å². The average Bonchev–Trinajstić information content (AvgIpc) is 2.36. The first-order valence-corrected chi connectivity index (χ1v) is 6.20. The van der Waals surface area contributed by atoms with Gasteiger partial charge >= 0.3 is 0 Å². The predicted octanol–water partition coefficient (Wildman–Crippen LogP) is 0.0169. The summed E-state index contributed by atoms with van der Waals surface area (Å²) in [5.41, 5.74) is -0.570. The Kier molecular flexibility index (Phi) is 4.93. The number of hydrogen-bond donors (Lipinski definition) is 3. The third kappa shape index (κ3) is 4.00. The number of rotatable bonds is 4. The fourth-order valence-electron chi connectivity index (χ4n) is 1.93. The van der Waals surface area contributed by atoms with E-state index in [9.17, 15) is 9.59 Å². The molecule has 3 N–H and O–H groups in total. The SMILES string of the molecule is CNC(=O)C(C)(C)CNC(=O)[C@H]1CCCCN1. The molecule has 1 rings (SSSR count). The summed E-state index contributed by atoms with van der Waals surface area (Å²) in [6, 6.07) is -0.0933. The standard InChI is InChI=1S/C12H23N3O2/c1-12(2,11(17)13-3)8-15-10(16)9-6-4-5-7-14-9/h9,14H,4-8H2,1-3H3,(H,13,17)(H,15,16)/t9-/m1/s1. The highest BCUT2D eigenvalue weighted by molar-refractivity contribution is 5.85. The van der Waals surface area contributed by atoms with Crippen LogP contribution in [0.5, 0.6) is 0 Å². The summed E-state index contributed by atoms with van der Waals surface area (Å²) in [7, 11) is 1.61. The highest BCUT2D eigenvalue weighted by Crippen LogP contribution is 2.14. The molecule has 2 amide bonds. The van der Waals surface area contributed by atoms with E-state index < -0.39 is 5.41 Å². The zero-order chi connectivity index (χ0) is 12.9. The van der Waals surface area contributed by atoms with Crippen molar-refractivity contribution < 1.29 is 9.59 Å². The molecule has 5 heteroatoms. The van der Waals surface area contributed by atoms with Gasteiger partial charge in [0.15, 0.2) is 0 Å². The van der Waals surface area contributed by atoms with E-state index in [0.29, 0.717) is 6.54 Å². The lowest BCUT2D eigenvalue weighted by molar-refractivity contribution is -0.129. The average molecular weight is 241 g/mol. The van der Waals surface area contributed by atoms with Crippen molar-refractivity contribution in [2.24, 2.45) is 5.41 Å². The molecule has 0 spiro atoms.